The number of rotatable bonds is 3. The van der Waals surface area contributed by atoms with Crippen LogP contribution in [0.15, 0.2) is 12.3 Å². The maximum Gasteiger partial charge on any atom is 0.154 e. The van der Waals surface area contributed by atoms with Crippen molar-refractivity contribution in [1.82, 2.24) is 14.8 Å². The van der Waals surface area contributed by atoms with Crippen molar-refractivity contribution in [2.75, 3.05) is 5.32 Å². The summed E-state index contributed by atoms with van der Waals surface area (Å²) in [6.07, 6.45) is 2.00. The van der Waals surface area contributed by atoms with Gasteiger partial charge in [-0.1, -0.05) is 23.2 Å². The Hall–Kier alpha value is -1.26. The van der Waals surface area contributed by atoms with Gasteiger partial charge in [0.2, 0.25) is 0 Å². The smallest absolute Gasteiger partial charge is 0.154 e. The first-order chi connectivity index (χ1) is 8.88. The fourth-order valence-corrected chi connectivity index (χ4v) is 2.69. The Kier molecular flexibility index (Phi) is 4.02. The number of nitrogens with one attached hydrogen (secondary N) is 1. The first kappa shape index (κ1) is 14.2. The van der Waals surface area contributed by atoms with Gasteiger partial charge in [0.25, 0.3) is 0 Å². The number of anilines is 1. The number of nitrogens with zero attached hydrogens (tertiary/aromatic N) is 3. The summed E-state index contributed by atoms with van der Waals surface area (Å²) in [5, 5.41) is 8.50. The van der Waals surface area contributed by atoms with E-state index in [9.17, 15) is 0 Å². The number of pyridine rings is 1. The molecule has 1 N–H and O–H groups in total. The third-order valence-corrected chi connectivity index (χ3v) is 3.49. The highest BCUT2D eigenvalue weighted by Gasteiger charge is 2.15. The van der Waals surface area contributed by atoms with E-state index < -0.39 is 0 Å². The van der Waals surface area contributed by atoms with Crippen LogP contribution in [0.5, 0.6) is 0 Å². The molecule has 0 amide bonds. The Balaban J connectivity index is 2.29. The first-order valence-electron chi connectivity index (χ1n) is 5.97. The monoisotopic (exact) mass is 298 g/mol. The Bertz CT molecular complexity index is 584. The van der Waals surface area contributed by atoms with Gasteiger partial charge in [-0.25, -0.2) is 4.98 Å². The summed E-state index contributed by atoms with van der Waals surface area (Å²) in [5.41, 5.74) is 3.91. The van der Waals surface area contributed by atoms with E-state index in [1.165, 1.54) is 0 Å². The van der Waals surface area contributed by atoms with Crippen LogP contribution >= 0.6 is 23.2 Å². The Morgan fingerprint density at radius 2 is 2.00 bits per heavy atom. The van der Waals surface area contributed by atoms with Gasteiger partial charge in [-0.2, -0.15) is 5.10 Å². The van der Waals surface area contributed by atoms with E-state index in [0.29, 0.717) is 10.3 Å². The van der Waals surface area contributed by atoms with Crippen LogP contribution in [0.2, 0.25) is 10.3 Å². The molecule has 4 nitrogen and oxygen atoms in total. The Labute approximate surface area is 122 Å². The van der Waals surface area contributed by atoms with Crippen LogP contribution in [0.1, 0.15) is 29.8 Å². The summed E-state index contributed by atoms with van der Waals surface area (Å²) in [6, 6.07) is 1.88. The van der Waals surface area contributed by atoms with Gasteiger partial charge in [0.15, 0.2) is 5.15 Å². The van der Waals surface area contributed by atoms with Crippen molar-refractivity contribution in [2.24, 2.45) is 7.05 Å². The lowest BCUT2D eigenvalue weighted by atomic mass is 10.1. The maximum absolute atomic E-state index is 6.13. The third-order valence-electron chi connectivity index (χ3n) is 3.02. The molecule has 0 bridgehead atoms. The van der Waals surface area contributed by atoms with Crippen LogP contribution in [0, 0.1) is 13.8 Å². The lowest BCUT2D eigenvalue weighted by molar-refractivity contribution is 0.756. The Morgan fingerprint density at radius 1 is 1.32 bits per heavy atom. The molecule has 2 aromatic rings. The SMILES string of the molecule is Cc1cc(Cl)nc(Cl)c1NC(C)c1cn(C)nc1C. The van der Waals surface area contributed by atoms with Crippen LogP contribution in [-0.4, -0.2) is 14.8 Å². The molecule has 0 fully saturated rings. The lowest BCUT2D eigenvalue weighted by Gasteiger charge is -2.17. The molecule has 2 rings (SSSR count). The van der Waals surface area contributed by atoms with Gasteiger partial charge in [0.05, 0.1) is 17.4 Å². The molecule has 0 aliphatic carbocycles. The predicted molar refractivity (Wildman–Crippen MR) is 79.0 cm³/mol. The number of aromatic nitrogens is 3. The maximum atomic E-state index is 6.13. The zero-order valence-corrected chi connectivity index (χ0v) is 12.8. The number of aryl methyl sites for hydroxylation is 3. The van der Waals surface area contributed by atoms with Crippen LogP contribution in [0.25, 0.3) is 0 Å². The average molecular weight is 299 g/mol. The van der Waals surface area contributed by atoms with Crippen molar-refractivity contribution >= 4 is 28.9 Å². The molecule has 102 valence electrons. The predicted octanol–water partition coefficient (Wildman–Crippen LogP) is 3.91. The summed E-state index contributed by atoms with van der Waals surface area (Å²) in [4.78, 5) is 4.06. The second-order valence-electron chi connectivity index (χ2n) is 4.64. The van der Waals surface area contributed by atoms with E-state index in [2.05, 4.69) is 22.3 Å². The quantitative estimate of drug-likeness (QED) is 0.874. The van der Waals surface area contributed by atoms with E-state index in [1.54, 1.807) is 10.7 Å². The minimum absolute atomic E-state index is 0.0906. The van der Waals surface area contributed by atoms with Gasteiger partial charge in [-0.05, 0) is 32.4 Å². The molecule has 2 aromatic heterocycles. The van der Waals surface area contributed by atoms with Crippen LogP contribution < -0.4 is 5.32 Å². The lowest BCUT2D eigenvalue weighted by Crippen LogP contribution is -2.09. The molecule has 0 aliphatic rings. The first-order valence-corrected chi connectivity index (χ1v) is 6.73. The largest absolute Gasteiger partial charge is 0.376 e. The van der Waals surface area contributed by atoms with Crippen LogP contribution in [0.3, 0.4) is 0 Å². The standard InChI is InChI=1S/C13H16Cl2N4/c1-7-5-11(14)17-13(15)12(7)16-8(2)10-6-19(4)18-9(10)3/h5-6,8,16H,1-4H3. The minimum Gasteiger partial charge on any atom is -0.376 e. The number of hydrogen-bond donors (Lipinski definition) is 1. The number of hydrogen-bond acceptors (Lipinski definition) is 3. The molecule has 0 aromatic carbocycles. The molecule has 6 heteroatoms. The van der Waals surface area contributed by atoms with Gasteiger partial charge >= 0.3 is 0 Å². The van der Waals surface area contributed by atoms with Gasteiger partial charge in [0.1, 0.15) is 5.15 Å². The molecular weight excluding hydrogens is 283 g/mol. The zero-order chi connectivity index (χ0) is 14.2. The molecule has 1 unspecified atom stereocenters. The third kappa shape index (κ3) is 3.01. The summed E-state index contributed by atoms with van der Waals surface area (Å²) >= 11 is 12.0. The highest BCUT2D eigenvalue weighted by molar-refractivity contribution is 6.34. The summed E-state index contributed by atoms with van der Waals surface area (Å²) < 4.78 is 1.80. The summed E-state index contributed by atoms with van der Waals surface area (Å²) in [5.74, 6) is 0. The van der Waals surface area contributed by atoms with Crippen molar-refractivity contribution in [3.05, 3.63) is 39.4 Å². The van der Waals surface area contributed by atoms with Gasteiger partial charge in [0, 0.05) is 18.8 Å². The summed E-state index contributed by atoms with van der Waals surface area (Å²) in [7, 11) is 1.91. The minimum atomic E-state index is 0.0906. The van der Waals surface area contributed by atoms with Crippen molar-refractivity contribution in [1.29, 1.82) is 0 Å². The highest BCUT2D eigenvalue weighted by atomic mass is 35.5. The molecule has 0 saturated carbocycles. The fraction of sp³-hybridized carbons (Fsp3) is 0.385. The van der Waals surface area contributed by atoms with Crippen molar-refractivity contribution in [3.8, 4) is 0 Å². The molecule has 2 heterocycles. The van der Waals surface area contributed by atoms with E-state index in [4.69, 9.17) is 23.2 Å². The molecule has 0 aliphatic heterocycles. The normalized spacial score (nSPS) is 12.5. The van der Waals surface area contributed by atoms with Gasteiger partial charge in [-0.3, -0.25) is 4.68 Å². The Morgan fingerprint density at radius 3 is 2.53 bits per heavy atom. The van der Waals surface area contributed by atoms with E-state index in [0.717, 1.165) is 22.5 Å². The molecule has 1 atom stereocenters. The fourth-order valence-electron chi connectivity index (χ4n) is 2.11. The summed E-state index contributed by atoms with van der Waals surface area (Å²) in [6.45, 7) is 6.00. The van der Waals surface area contributed by atoms with Crippen molar-refractivity contribution < 1.29 is 0 Å². The van der Waals surface area contributed by atoms with Crippen molar-refractivity contribution in [2.45, 2.75) is 26.8 Å². The van der Waals surface area contributed by atoms with Gasteiger partial charge in [-0.15, -0.1) is 0 Å². The van der Waals surface area contributed by atoms with E-state index in [-0.39, 0.29) is 6.04 Å². The molecule has 0 radical (unpaired) electrons. The topological polar surface area (TPSA) is 42.7 Å². The zero-order valence-electron chi connectivity index (χ0n) is 11.3. The number of halogens is 2. The van der Waals surface area contributed by atoms with Gasteiger partial charge < -0.3 is 5.32 Å². The van der Waals surface area contributed by atoms with Crippen LogP contribution in [-0.2, 0) is 7.05 Å². The molecule has 19 heavy (non-hydrogen) atoms. The molecule has 0 saturated heterocycles. The van der Waals surface area contributed by atoms with Crippen LogP contribution in [0.4, 0.5) is 5.69 Å². The average Bonchev–Trinajstić information content (AvgIpc) is 2.62. The van der Waals surface area contributed by atoms with E-state index >= 15 is 0 Å². The second kappa shape index (κ2) is 5.39. The molecule has 0 spiro atoms. The highest BCUT2D eigenvalue weighted by Crippen LogP contribution is 2.30. The molecular formula is C13H16Cl2N4. The second-order valence-corrected chi connectivity index (χ2v) is 5.38. The van der Waals surface area contributed by atoms with Crippen molar-refractivity contribution in [3.63, 3.8) is 0 Å². The van der Waals surface area contributed by atoms with E-state index in [1.807, 2.05) is 27.1 Å².